The summed E-state index contributed by atoms with van der Waals surface area (Å²) < 4.78 is 16.5. The van der Waals surface area contributed by atoms with Gasteiger partial charge in [-0.05, 0) is 72.8 Å². The number of para-hydroxylation sites is 2. The molecule has 1 heterocycles. The molecule has 0 aromatic heterocycles. The molecule has 0 spiro atoms. The number of imide groups is 1. The maximum atomic E-state index is 13.0. The summed E-state index contributed by atoms with van der Waals surface area (Å²) in [7, 11) is 1.47. The van der Waals surface area contributed by atoms with Crippen LogP contribution in [0.3, 0.4) is 0 Å². The van der Waals surface area contributed by atoms with E-state index in [1.807, 2.05) is 0 Å². The fraction of sp³-hybridized carbons (Fsp3) is 0.172. The summed E-state index contributed by atoms with van der Waals surface area (Å²) in [5.74, 6) is -0.390. The first kappa shape index (κ1) is 29.5. The second-order valence-corrected chi connectivity index (χ2v) is 9.93. The van der Waals surface area contributed by atoms with Crippen molar-refractivity contribution in [3.63, 3.8) is 0 Å². The lowest BCUT2D eigenvalue weighted by Gasteiger charge is -2.14. The third-order valence-corrected chi connectivity index (χ3v) is 6.73. The lowest BCUT2D eigenvalue weighted by molar-refractivity contribution is -0.127. The number of hydrogen-bond acceptors (Lipinski definition) is 8. The average Bonchev–Trinajstić information content (AvgIpc) is 3.20. The number of thioether (sulfide) groups is 1. The molecule has 0 unspecified atom stereocenters. The molecule has 4 amide bonds. The summed E-state index contributed by atoms with van der Waals surface area (Å²) in [6, 6.07) is 18.5. The van der Waals surface area contributed by atoms with Crippen LogP contribution in [0.2, 0.25) is 5.02 Å². The molecule has 1 saturated heterocycles. The Morgan fingerprint density at radius 2 is 1.73 bits per heavy atom. The molecule has 212 valence electrons. The fourth-order valence-electron chi connectivity index (χ4n) is 3.78. The van der Waals surface area contributed by atoms with E-state index in [2.05, 4.69) is 10.6 Å². The van der Waals surface area contributed by atoms with Crippen LogP contribution in [0.4, 0.5) is 16.2 Å². The first-order valence-electron chi connectivity index (χ1n) is 12.4. The van der Waals surface area contributed by atoms with Gasteiger partial charge in [0.25, 0.3) is 17.1 Å². The fourth-order valence-corrected chi connectivity index (χ4v) is 4.81. The van der Waals surface area contributed by atoms with Crippen molar-refractivity contribution < 1.29 is 33.4 Å². The third-order valence-electron chi connectivity index (χ3n) is 5.59. The number of amides is 4. The number of halogens is 1. The standard InChI is InChI=1S/C29H26ClN3O7S/c1-3-39-24-13-18(11-12-23(24)40-17-27(35)31-20-8-6-7-19(30)15-20)14-25-28(36)33(29(37)41-25)16-26(34)32-21-9-4-5-10-22(21)38-2/h4-15H,3,16-17H2,1-2H3,(H,31,35)(H,32,34)/b25-14+. The van der Waals surface area contributed by atoms with E-state index in [1.54, 1.807) is 73.7 Å². The molecule has 1 aliphatic heterocycles. The summed E-state index contributed by atoms with van der Waals surface area (Å²) in [5, 5.41) is 5.28. The molecule has 41 heavy (non-hydrogen) atoms. The average molecular weight is 596 g/mol. The molecule has 0 radical (unpaired) electrons. The Hall–Kier alpha value is -4.48. The molecule has 2 N–H and O–H groups in total. The van der Waals surface area contributed by atoms with Crippen LogP contribution in [0.25, 0.3) is 6.08 Å². The number of benzene rings is 3. The minimum Gasteiger partial charge on any atom is -0.495 e. The second kappa shape index (κ2) is 13.7. The van der Waals surface area contributed by atoms with Crippen LogP contribution >= 0.6 is 23.4 Å². The van der Waals surface area contributed by atoms with Gasteiger partial charge in [-0.1, -0.05) is 35.9 Å². The summed E-state index contributed by atoms with van der Waals surface area (Å²) in [6.45, 7) is 1.39. The first-order chi connectivity index (χ1) is 19.8. The van der Waals surface area contributed by atoms with E-state index in [0.29, 0.717) is 45.8 Å². The van der Waals surface area contributed by atoms with Gasteiger partial charge in [0.15, 0.2) is 18.1 Å². The Kier molecular flexibility index (Phi) is 9.88. The molecule has 4 rings (SSSR count). The lowest BCUT2D eigenvalue weighted by Crippen LogP contribution is -2.36. The zero-order valence-corrected chi connectivity index (χ0v) is 23.7. The Balaban J connectivity index is 1.41. The summed E-state index contributed by atoms with van der Waals surface area (Å²) in [6.07, 6.45) is 1.53. The molecule has 0 atom stereocenters. The number of nitrogens with zero attached hydrogens (tertiary/aromatic N) is 1. The van der Waals surface area contributed by atoms with E-state index < -0.39 is 23.6 Å². The number of hydrogen-bond donors (Lipinski definition) is 2. The van der Waals surface area contributed by atoms with Gasteiger partial charge in [-0.25, -0.2) is 0 Å². The van der Waals surface area contributed by atoms with Crippen molar-refractivity contribution >= 4 is 63.8 Å². The molecule has 1 fully saturated rings. The van der Waals surface area contributed by atoms with E-state index >= 15 is 0 Å². The van der Waals surface area contributed by atoms with Crippen LogP contribution in [0.5, 0.6) is 17.2 Å². The largest absolute Gasteiger partial charge is 0.495 e. The highest BCUT2D eigenvalue weighted by Gasteiger charge is 2.36. The number of anilines is 2. The van der Waals surface area contributed by atoms with Gasteiger partial charge in [-0.15, -0.1) is 0 Å². The number of ether oxygens (including phenoxy) is 3. The van der Waals surface area contributed by atoms with Crippen molar-refractivity contribution in [2.45, 2.75) is 6.92 Å². The molecular weight excluding hydrogens is 570 g/mol. The van der Waals surface area contributed by atoms with Crippen molar-refractivity contribution in [1.29, 1.82) is 0 Å². The first-order valence-corrected chi connectivity index (χ1v) is 13.6. The number of carbonyl (C=O) groups is 4. The van der Waals surface area contributed by atoms with E-state index in [-0.39, 0.29) is 17.4 Å². The van der Waals surface area contributed by atoms with Crippen LogP contribution in [-0.2, 0) is 14.4 Å². The predicted octanol–water partition coefficient (Wildman–Crippen LogP) is 5.44. The normalized spacial score (nSPS) is 13.7. The lowest BCUT2D eigenvalue weighted by atomic mass is 10.2. The molecule has 0 bridgehead atoms. The number of carbonyl (C=O) groups excluding carboxylic acids is 4. The zero-order chi connectivity index (χ0) is 29.4. The van der Waals surface area contributed by atoms with E-state index in [9.17, 15) is 19.2 Å². The van der Waals surface area contributed by atoms with Gasteiger partial charge in [-0.2, -0.15) is 0 Å². The van der Waals surface area contributed by atoms with Crippen molar-refractivity contribution in [1.82, 2.24) is 4.90 Å². The molecule has 12 heteroatoms. The highest BCUT2D eigenvalue weighted by molar-refractivity contribution is 8.18. The van der Waals surface area contributed by atoms with Crippen LogP contribution in [-0.4, -0.2) is 54.7 Å². The SMILES string of the molecule is CCOc1cc(/C=C2/SC(=O)N(CC(=O)Nc3ccccc3OC)C2=O)ccc1OCC(=O)Nc1cccc(Cl)c1. The molecule has 3 aromatic carbocycles. The van der Waals surface area contributed by atoms with Gasteiger partial charge < -0.3 is 24.8 Å². The Labute approximate surface area is 245 Å². The van der Waals surface area contributed by atoms with Crippen LogP contribution in [0.15, 0.2) is 71.6 Å². The molecule has 1 aliphatic rings. The third kappa shape index (κ3) is 7.80. The minimum atomic E-state index is -0.592. The monoisotopic (exact) mass is 595 g/mol. The van der Waals surface area contributed by atoms with Gasteiger partial charge in [0.2, 0.25) is 5.91 Å². The maximum absolute atomic E-state index is 13.0. The van der Waals surface area contributed by atoms with Crippen LogP contribution < -0.4 is 24.8 Å². The number of rotatable bonds is 11. The Morgan fingerprint density at radius 1 is 0.927 bits per heavy atom. The number of methoxy groups -OCH3 is 1. The highest BCUT2D eigenvalue weighted by Crippen LogP contribution is 2.35. The van der Waals surface area contributed by atoms with Gasteiger partial charge >= 0.3 is 0 Å². The molecule has 0 aliphatic carbocycles. The smallest absolute Gasteiger partial charge is 0.294 e. The van der Waals surface area contributed by atoms with Gasteiger partial charge in [0, 0.05) is 10.7 Å². The maximum Gasteiger partial charge on any atom is 0.294 e. The molecule has 10 nitrogen and oxygen atoms in total. The van der Waals surface area contributed by atoms with Gasteiger partial charge in [0.05, 0.1) is 24.3 Å². The summed E-state index contributed by atoms with van der Waals surface area (Å²) >= 11 is 6.68. The molecular formula is C29H26ClN3O7S. The Bertz CT molecular complexity index is 1510. The predicted molar refractivity (Wildman–Crippen MR) is 157 cm³/mol. The van der Waals surface area contributed by atoms with E-state index in [1.165, 1.54) is 13.2 Å². The van der Waals surface area contributed by atoms with E-state index in [0.717, 1.165) is 16.7 Å². The quantitative estimate of drug-likeness (QED) is 0.281. The van der Waals surface area contributed by atoms with Crippen molar-refractivity contribution in [2.24, 2.45) is 0 Å². The van der Waals surface area contributed by atoms with Crippen molar-refractivity contribution in [2.75, 3.05) is 37.5 Å². The van der Waals surface area contributed by atoms with Gasteiger partial charge in [-0.3, -0.25) is 24.1 Å². The minimum absolute atomic E-state index is 0.150. The van der Waals surface area contributed by atoms with E-state index in [4.69, 9.17) is 25.8 Å². The summed E-state index contributed by atoms with van der Waals surface area (Å²) in [5.41, 5.74) is 1.53. The summed E-state index contributed by atoms with van der Waals surface area (Å²) in [4.78, 5) is 51.4. The second-order valence-electron chi connectivity index (χ2n) is 8.50. The van der Waals surface area contributed by atoms with Crippen LogP contribution in [0, 0.1) is 0 Å². The van der Waals surface area contributed by atoms with Crippen LogP contribution in [0.1, 0.15) is 12.5 Å². The molecule has 3 aromatic rings. The molecule has 0 saturated carbocycles. The number of nitrogens with one attached hydrogen (secondary N) is 2. The Morgan fingerprint density at radius 3 is 2.49 bits per heavy atom. The highest BCUT2D eigenvalue weighted by atomic mass is 35.5. The van der Waals surface area contributed by atoms with Gasteiger partial charge in [0.1, 0.15) is 12.3 Å². The van der Waals surface area contributed by atoms with Crippen molar-refractivity contribution in [3.8, 4) is 17.2 Å². The van der Waals surface area contributed by atoms with Crippen molar-refractivity contribution in [3.05, 3.63) is 82.2 Å². The zero-order valence-electron chi connectivity index (χ0n) is 22.1. The topological polar surface area (TPSA) is 123 Å².